The minimum Gasteiger partial charge on any atom is -0.406 e. The second-order valence-electron chi connectivity index (χ2n) is 13.8. The maximum Gasteiger partial charge on any atom is 0.573 e. The van der Waals surface area contributed by atoms with E-state index in [9.17, 15) is 13.2 Å². The fraction of sp³-hybridized carbons (Fsp3) is 0.333. The Balaban J connectivity index is 1.20. The van der Waals surface area contributed by atoms with Crippen LogP contribution in [-0.2, 0) is 13.1 Å². The number of likely N-dealkylation sites (tertiary alicyclic amines) is 1. The van der Waals surface area contributed by atoms with Gasteiger partial charge in [0.05, 0.1) is 5.69 Å². The van der Waals surface area contributed by atoms with Crippen molar-refractivity contribution in [2.45, 2.75) is 79.9 Å². The quantitative estimate of drug-likeness (QED) is 0.155. The molecular weight excluding hydrogens is 633 g/mol. The van der Waals surface area contributed by atoms with Crippen LogP contribution in [0.2, 0.25) is 0 Å². The summed E-state index contributed by atoms with van der Waals surface area (Å²) in [6.45, 7) is 16.0. The highest BCUT2D eigenvalue weighted by atomic mass is 19.4. The summed E-state index contributed by atoms with van der Waals surface area (Å²) in [5.74, 6) is -0.223. The Morgan fingerprint density at radius 3 is 1.92 bits per heavy atom. The van der Waals surface area contributed by atoms with Gasteiger partial charge < -0.3 is 9.64 Å². The van der Waals surface area contributed by atoms with E-state index in [2.05, 4.69) is 97.5 Å². The van der Waals surface area contributed by atoms with Gasteiger partial charge in [-0.15, -0.1) is 13.2 Å². The normalized spacial score (nSPS) is 14.2. The number of alkyl halides is 3. The number of aromatic nitrogens is 2. The molecule has 50 heavy (non-hydrogen) atoms. The van der Waals surface area contributed by atoms with Crippen LogP contribution >= 0.6 is 0 Å². The van der Waals surface area contributed by atoms with E-state index >= 15 is 0 Å². The lowest BCUT2D eigenvalue weighted by Crippen LogP contribution is -2.44. The van der Waals surface area contributed by atoms with Crippen LogP contribution in [0.5, 0.6) is 5.75 Å². The largest absolute Gasteiger partial charge is 0.573 e. The molecule has 2 aromatic heterocycles. The highest BCUT2D eigenvalue weighted by Crippen LogP contribution is 2.32. The number of hydrogen-bond acceptors (Lipinski definition) is 5. The summed E-state index contributed by atoms with van der Waals surface area (Å²) in [6, 6.07) is 21.7. The number of pyridine rings is 2. The summed E-state index contributed by atoms with van der Waals surface area (Å²) in [5, 5.41) is 0. The van der Waals surface area contributed by atoms with E-state index in [4.69, 9.17) is 4.98 Å². The third kappa shape index (κ3) is 8.36. The summed E-state index contributed by atoms with van der Waals surface area (Å²) in [5.41, 5.74) is 15.0. The van der Waals surface area contributed by atoms with Gasteiger partial charge in [0.1, 0.15) is 5.75 Å². The van der Waals surface area contributed by atoms with Crippen molar-refractivity contribution >= 4 is 5.69 Å². The van der Waals surface area contributed by atoms with E-state index in [1.807, 2.05) is 24.7 Å². The van der Waals surface area contributed by atoms with Crippen molar-refractivity contribution in [1.29, 1.82) is 0 Å². The van der Waals surface area contributed by atoms with E-state index in [0.717, 1.165) is 60.5 Å². The Kier molecular flexibility index (Phi) is 10.3. The Morgan fingerprint density at radius 1 is 0.720 bits per heavy atom. The summed E-state index contributed by atoms with van der Waals surface area (Å²) in [6.07, 6.45) is 2.84. The van der Waals surface area contributed by atoms with Crippen LogP contribution in [0.1, 0.15) is 57.3 Å². The van der Waals surface area contributed by atoms with Gasteiger partial charge >= 0.3 is 6.36 Å². The van der Waals surface area contributed by atoms with Gasteiger partial charge in [-0.3, -0.25) is 14.9 Å². The molecule has 0 N–H and O–H groups in total. The molecule has 1 aliphatic rings. The van der Waals surface area contributed by atoms with Gasteiger partial charge in [-0.1, -0.05) is 12.1 Å². The number of ether oxygens (including phenoxy) is 1. The van der Waals surface area contributed by atoms with Crippen LogP contribution in [0, 0.1) is 41.5 Å². The van der Waals surface area contributed by atoms with Gasteiger partial charge in [0.25, 0.3) is 0 Å². The van der Waals surface area contributed by atoms with Crippen LogP contribution in [0.4, 0.5) is 18.9 Å². The molecule has 6 rings (SSSR count). The maximum absolute atomic E-state index is 12.9. The number of rotatable bonds is 9. The molecule has 0 saturated carbocycles. The van der Waals surface area contributed by atoms with Crippen molar-refractivity contribution in [3.8, 4) is 28.1 Å². The second-order valence-corrected chi connectivity index (χ2v) is 13.8. The SMILES string of the molecule is Cc1cc(-c2cncc(CN3CCC(N(Cc4ccnc(-c5cc(C)c(C)c(C)c5)c4)c4ccc(OC(F)(F)F)cc4)CC3)c2)cc(C)c1C. The monoisotopic (exact) mass is 678 g/mol. The van der Waals surface area contributed by atoms with Gasteiger partial charge in [0.15, 0.2) is 0 Å². The Hall–Kier alpha value is -4.69. The molecule has 1 saturated heterocycles. The van der Waals surface area contributed by atoms with Gasteiger partial charge in [-0.2, -0.15) is 0 Å². The lowest BCUT2D eigenvalue weighted by molar-refractivity contribution is -0.274. The highest BCUT2D eigenvalue weighted by molar-refractivity contribution is 5.66. The molecule has 1 fully saturated rings. The zero-order valence-electron chi connectivity index (χ0n) is 29.7. The number of nitrogens with zero attached hydrogens (tertiary/aromatic N) is 4. The number of piperidine rings is 1. The molecular formula is C42H45F3N4O. The standard InChI is InChI=1S/C42H45F3N4O/c1-27-17-35(18-28(2)31(27)5)37-21-34(23-46-24-37)25-48-15-12-39(13-16-48)49(38-7-9-40(10-8-38)50-42(43,44)45)26-33-11-14-47-41(22-33)36-19-29(3)32(6)30(4)20-36/h7-11,14,17-24,39H,12-13,15-16,25-26H2,1-6H3. The molecule has 8 heteroatoms. The molecule has 260 valence electrons. The average Bonchev–Trinajstić information content (AvgIpc) is 3.08. The summed E-state index contributed by atoms with van der Waals surface area (Å²) in [4.78, 5) is 14.1. The van der Waals surface area contributed by atoms with Crippen LogP contribution in [0.15, 0.2) is 85.3 Å². The Morgan fingerprint density at radius 2 is 1.32 bits per heavy atom. The summed E-state index contributed by atoms with van der Waals surface area (Å²) in [7, 11) is 0. The molecule has 0 radical (unpaired) electrons. The van der Waals surface area contributed by atoms with E-state index in [1.54, 1.807) is 12.1 Å². The highest BCUT2D eigenvalue weighted by Gasteiger charge is 2.31. The molecule has 3 aromatic carbocycles. The fourth-order valence-electron chi connectivity index (χ4n) is 6.96. The number of anilines is 1. The summed E-state index contributed by atoms with van der Waals surface area (Å²) >= 11 is 0. The fourth-order valence-corrected chi connectivity index (χ4v) is 6.96. The second kappa shape index (κ2) is 14.7. The minimum absolute atomic E-state index is 0.198. The zero-order chi connectivity index (χ0) is 35.6. The van der Waals surface area contributed by atoms with Crippen molar-refractivity contribution in [1.82, 2.24) is 14.9 Å². The molecule has 0 spiro atoms. The first-order valence-electron chi connectivity index (χ1n) is 17.2. The number of aryl methyl sites for hydroxylation is 4. The molecule has 0 aliphatic carbocycles. The van der Waals surface area contributed by atoms with Gasteiger partial charge in [-0.25, -0.2) is 0 Å². The molecule has 3 heterocycles. The van der Waals surface area contributed by atoms with Gasteiger partial charge in [0.2, 0.25) is 0 Å². The number of benzene rings is 3. The van der Waals surface area contributed by atoms with E-state index < -0.39 is 6.36 Å². The van der Waals surface area contributed by atoms with Crippen LogP contribution in [0.3, 0.4) is 0 Å². The predicted molar refractivity (Wildman–Crippen MR) is 195 cm³/mol. The van der Waals surface area contributed by atoms with E-state index in [0.29, 0.717) is 6.54 Å². The molecule has 0 atom stereocenters. The Labute approximate surface area is 293 Å². The Bertz CT molecular complexity index is 1920. The van der Waals surface area contributed by atoms with Gasteiger partial charge in [0, 0.05) is 67.6 Å². The lowest BCUT2D eigenvalue weighted by atomic mass is 9.96. The summed E-state index contributed by atoms with van der Waals surface area (Å²) < 4.78 is 43.0. The third-order valence-electron chi connectivity index (χ3n) is 10.3. The van der Waals surface area contributed by atoms with Crippen molar-refractivity contribution in [2.24, 2.45) is 0 Å². The first-order valence-corrected chi connectivity index (χ1v) is 17.2. The first-order chi connectivity index (χ1) is 23.8. The van der Waals surface area contributed by atoms with Crippen LogP contribution < -0.4 is 9.64 Å². The van der Waals surface area contributed by atoms with E-state index in [-0.39, 0.29) is 11.8 Å². The molecule has 5 aromatic rings. The van der Waals surface area contributed by atoms with E-state index in [1.165, 1.54) is 56.6 Å². The molecule has 0 amide bonds. The van der Waals surface area contributed by atoms with Crippen molar-refractivity contribution in [2.75, 3.05) is 18.0 Å². The number of halogens is 3. The van der Waals surface area contributed by atoms with Crippen molar-refractivity contribution in [3.05, 3.63) is 130 Å². The van der Waals surface area contributed by atoms with Crippen molar-refractivity contribution in [3.63, 3.8) is 0 Å². The molecule has 5 nitrogen and oxygen atoms in total. The van der Waals surface area contributed by atoms with Crippen LogP contribution in [-0.4, -0.2) is 40.4 Å². The average molecular weight is 679 g/mol. The van der Waals surface area contributed by atoms with Crippen LogP contribution in [0.25, 0.3) is 22.4 Å². The minimum atomic E-state index is -4.73. The maximum atomic E-state index is 12.9. The smallest absolute Gasteiger partial charge is 0.406 e. The topological polar surface area (TPSA) is 41.5 Å². The zero-order valence-corrected chi connectivity index (χ0v) is 29.7. The third-order valence-corrected chi connectivity index (χ3v) is 10.3. The molecule has 0 unspecified atom stereocenters. The number of hydrogen-bond donors (Lipinski definition) is 0. The lowest BCUT2D eigenvalue weighted by Gasteiger charge is -2.40. The predicted octanol–water partition coefficient (Wildman–Crippen LogP) is 10.2. The molecule has 0 bridgehead atoms. The van der Waals surface area contributed by atoms with Gasteiger partial charge in [-0.05, 0) is 159 Å². The first kappa shape index (κ1) is 35.1. The van der Waals surface area contributed by atoms with Crippen molar-refractivity contribution < 1.29 is 17.9 Å². The molecule has 1 aliphatic heterocycles.